The van der Waals surface area contributed by atoms with Gasteiger partial charge in [-0.2, -0.15) is 0 Å². The van der Waals surface area contributed by atoms with Gasteiger partial charge in [-0.3, -0.25) is 0 Å². The molecular weight excluding hydrogens is 234 g/mol. The largest absolute Gasteiger partial charge is 0.360 e. The Balaban J connectivity index is 1.70. The van der Waals surface area contributed by atoms with Crippen LogP contribution in [0.25, 0.3) is 0 Å². The van der Waals surface area contributed by atoms with Gasteiger partial charge in [0.2, 0.25) is 0 Å². The Morgan fingerprint density at radius 2 is 1.56 bits per heavy atom. The Kier molecular flexibility index (Phi) is 2.98. The minimum Gasteiger partial charge on any atom is -0.360 e. The van der Waals surface area contributed by atoms with Crippen LogP contribution in [0.15, 0.2) is 18.2 Å². The molecule has 1 aromatic rings. The summed E-state index contributed by atoms with van der Waals surface area (Å²) in [4.78, 5) is 2.17. The molecule has 0 radical (unpaired) electrons. The van der Waals surface area contributed by atoms with Crippen LogP contribution in [-0.2, 0) is 0 Å². The van der Waals surface area contributed by atoms with Gasteiger partial charge in [0, 0.05) is 24.6 Å². The van der Waals surface area contributed by atoms with E-state index in [9.17, 15) is 8.78 Å². The SMILES string of the molecule is Fc1ccc(N2CC[N+]3(CCCC3)CC2)cc1F. The predicted octanol–water partition coefficient (Wildman–Crippen LogP) is 2.40. The van der Waals surface area contributed by atoms with Crippen molar-refractivity contribution in [1.29, 1.82) is 0 Å². The zero-order valence-corrected chi connectivity index (χ0v) is 10.5. The summed E-state index contributed by atoms with van der Waals surface area (Å²) in [6.07, 6.45) is 2.68. The molecule has 2 aliphatic heterocycles. The molecule has 0 N–H and O–H groups in total. The van der Waals surface area contributed by atoms with Crippen molar-refractivity contribution in [2.45, 2.75) is 12.8 Å². The molecule has 98 valence electrons. The summed E-state index contributed by atoms with van der Waals surface area (Å²) in [5.74, 6) is -1.51. The summed E-state index contributed by atoms with van der Waals surface area (Å²) >= 11 is 0. The van der Waals surface area contributed by atoms with Gasteiger partial charge in [-0.1, -0.05) is 0 Å². The van der Waals surface area contributed by atoms with Gasteiger partial charge < -0.3 is 9.38 Å². The summed E-state index contributed by atoms with van der Waals surface area (Å²) in [7, 11) is 0. The lowest BCUT2D eigenvalue weighted by Gasteiger charge is -2.42. The first-order valence-corrected chi connectivity index (χ1v) is 6.74. The average Bonchev–Trinajstić information content (AvgIpc) is 2.82. The first-order chi connectivity index (χ1) is 8.69. The third-order valence-electron chi connectivity index (χ3n) is 4.47. The fourth-order valence-electron chi connectivity index (χ4n) is 3.28. The van der Waals surface area contributed by atoms with E-state index in [1.54, 1.807) is 6.07 Å². The fraction of sp³-hybridized carbons (Fsp3) is 0.571. The molecule has 18 heavy (non-hydrogen) atoms. The number of hydrogen-bond donors (Lipinski definition) is 0. The normalized spacial score (nSPS) is 22.7. The van der Waals surface area contributed by atoms with E-state index in [0.717, 1.165) is 31.9 Å². The van der Waals surface area contributed by atoms with E-state index in [4.69, 9.17) is 0 Å². The monoisotopic (exact) mass is 253 g/mol. The lowest BCUT2D eigenvalue weighted by molar-refractivity contribution is -0.917. The number of halogens is 2. The first-order valence-electron chi connectivity index (χ1n) is 6.74. The number of quaternary nitrogens is 1. The first kappa shape index (κ1) is 11.9. The van der Waals surface area contributed by atoms with Crippen LogP contribution in [0, 0.1) is 11.6 Å². The number of rotatable bonds is 1. The summed E-state index contributed by atoms with van der Waals surface area (Å²) in [5, 5.41) is 0. The zero-order valence-electron chi connectivity index (χ0n) is 10.5. The van der Waals surface area contributed by atoms with Crippen LogP contribution in [0.3, 0.4) is 0 Å². The number of piperazine rings is 1. The van der Waals surface area contributed by atoms with E-state index in [-0.39, 0.29) is 0 Å². The third-order valence-corrected chi connectivity index (χ3v) is 4.47. The maximum absolute atomic E-state index is 13.2. The number of nitrogens with zero attached hydrogens (tertiary/aromatic N) is 2. The van der Waals surface area contributed by atoms with Gasteiger partial charge >= 0.3 is 0 Å². The molecule has 1 aromatic carbocycles. The summed E-state index contributed by atoms with van der Waals surface area (Å²) in [5.41, 5.74) is 0.811. The van der Waals surface area contributed by atoms with Crippen molar-refractivity contribution in [3.05, 3.63) is 29.8 Å². The second-order valence-electron chi connectivity index (χ2n) is 5.53. The van der Waals surface area contributed by atoms with Crippen molar-refractivity contribution >= 4 is 5.69 Å². The van der Waals surface area contributed by atoms with Gasteiger partial charge in [-0.15, -0.1) is 0 Å². The maximum atomic E-state index is 13.2. The van der Waals surface area contributed by atoms with Gasteiger partial charge in [0.15, 0.2) is 11.6 Å². The van der Waals surface area contributed by atoms with Crippen LogP contribution in [0.2, 0.25) is 0 Å². The average molecular weight is 253 g/mol. The van der Waals surface area contributed by atoms with E-state index in [2.05, 4.69) is 4.90 Å². The molecular formula is C14H19F2N2+. The molecule has 0 bridgehead atoms. The fourth-order valence-corrected chi connectivity index (χ4v) is 3.28. The molecule has 2 saturated heterocycles. The van der Waals surface area contributed by atoms with Crippen LogP contribution in [0.1, 0.15) is 12.8 Å². The van der Waals surface area contributed by atoms with Gasteiger partial charge in [0.1, 0.15) is 0 Å². The van der Waals surface area contributed by atoms with Gasteiger partial charge in [0.05, 0.1) is 39.3 Å². The molecule has 2 heterocycles. The Bertz CT molecular complexity index is 431. The molecule has 0 unspecified atom stereocenters. The van der Waals surface area contributed by atoms with Crippen molar-refractivity contribution in [1.82, 2.24) is 0 Å². The number of hydrogen-bond acceptors (Lipinski definition) is 1. The molecule has 0 atom stereocenters. The molecule has 1 spiro atoms. The van der Waals surface area contributed by atoms with Crippen molar-refractivity contribution in [2.75, 3.05) is 44.2 Å². The van der Waals surface area contributed by atoms with Crippen LogP contribution in [0.4, 0.5) is 14.5 Å². The molecule has 0 aliphatic carbocycles. The maximum Gasteiger partial charge on any atom is 0.160 e. The lowest BCUT2D eigenvalue weighted by Crippen LogP contribution is -2.58. The van der Waals surface area contributed by atoms with E-state index in [1.807, 2.05) is 0 Å². The molecule has 2 nitrogen and oxygen atoms in total. The lowest BCUT2D eigenvalue weighted by atomic mass is 10.2. The zero-order chi connectivity index (χ0) is 12.6. The Labute approximate surface area is 106 Å². The van der Waals surface area contributed by atoms with Crippen molar-refractivity contribution in [3.63, 3.8) is 0 Å². The predicted molar refractivity (Wildman–Crippen MR) is 67.5 cm³/mol. The molecule has 0 aromatic heterocycles. The second kappa shape index (κ2) is 4.50. The Hall–Kier alpha value is -1.16. The highest BCUT2D eigenvalue weighted by Gasteiger charge is 2.35. The quantitative estimate of drug-likeness (QED) is 0.695. The number of anilines is 1. The smallest absolute Gasteiger partial charge is 0.160 e. The third kappa shape index (κ3) is 2.09. The molecule has 2 fully saturated rings. The molecule has 3 rings (SSSR count). The van der Waals surface area contributed by atoms with Gasteiger partial charge in [0.25, 0.3) is 0 Å². The number of benzene rings is 1. The van der Waals surface area contributed by atoms with Crippen molar-refractivity contribution in [2.24, 2.45) is 0 Å². The van der Waals surface area contributed by atoms with E-state index in [0.29, 0.717) is 0 Å². The van der Waals surface area contributed by atoms with Gasteiger partial charge in [-0.05, 0) is 12.1 Å². The molecule has 0 amide bonds. The van der Waals surface area contributed by atoms with Crippen LogP contribution in [0.5, 0.6) is 0 Å². The van der Waals surface area contributed by atoms with Crippen LogP contribution in [-0.4, -0.2) is 43.8 Å². The van der Waals surface area contributed by atoms with E-state index < -0.39 is 11.6 Å². The minimum atomic E-state index is -0.765. The summed E-state index contributed by atoms with van der Waals surface area (Å²) in [6.45, 7) is 6.77. The Morgan fingerprint density at radius 3 is 2.17 bits per heavy atom. The highest BCUT2D eigenvalue weighted by Crippen LogP contribution is 2.25. The van der Waals surface area contributed by atoms with Crippen LogP contribution >= 0.6 is 0 Å². The summed E-state index contributed by atoms with van der Waals surface area (Å²) < 4.78 is 27.4. The second-order valence-corrected chi connectivity index (χ2v) is 5.53. The van der Waals surface area contributed by atoms with E-state index >= 15 is 0 Å². The van der Waals surface area contributed by atoms with E-state index in [1.165, 1.54) is 42.5 Å². The van der Waals surface area contributed by atoms with Crippen molar-refractivity contribution in [3.8, 4) is 0 Å². The van der Waals surface area contributed by atoms with Crippen molar-refractivity contribution < 1.29 is 13.3 Å². The molecule has 2 aliphatic rings. The standard InChI is InChI=1S/C14H19F2N2/c15-13-4-3-12(11-14(13)16)17-5-9-18(10-6-17)7-1-2-8-18/h3-4,11H,1-2,5-10H2/q+1. The topological polar surface area (TPSA) is 3.24 Å². The molecule has 0 saturated carbocycles. The van der Waals surface area contributed by atoms with Crippen LogP contribution < -0.4 is 4.90 Å². The van der Waals surface area contributed by atoms with Gasteiger partial charge in [-0.25, -0.2) is 8.78 Å². The minimum absolute atomic E-state index is 0.747. The Morgan fingerprint density at radius 1 is 0.889 bits per heavy atom. The molecule has 4 heteroatoms. The highest BCUT2D eigenvalue weighted by atomic mass is 19.2. The summed E-state index contributed by atoms with van der Waals surface area (Å²) in [6, 6.07) is 4.21. The highest BCUT2D eigenvalue weighted by molar-refractivity contribution is 5.47.